The Bertz CT molecular complexity index is 352. The van der Waals surface area contributed by atoms with Crippen LogP contribution in [0.2, 0.25) is 0 Å². The number of carbonyl (C=O) groups is 2. The Morgan fingerprint density at radius 2 is 2.18 bits per heavy atom. The van der Waals surface area contributed by atoms with Crippen LogP contribution in [0.3, 0.4) is 0 Å². The number of nitrogens with zero attached hydrogens (tertiary/aromatic N) is 2. The summed E-state index contributed by atoms with van der Waals surface area (Å²) in [6, 6.07) is 1.94. The van der Waals surface area contributed by atoms with E-state index in [1.807, 2.05) is 6.07 Å². The van der Waals surface area contributed by atoms with Gasteiger partial charge in [-0.2, -0.15) is 5.26 Å². The van der Waals surface area contributed by atoms with Gasteiger partial charge in [-0.05, 0) is 27.2 Å². The molecule has 0 aromatic carbocycles. The van der Waals surface area contributed by atoms with Crippen LogP contribution in [-0.2, 0) is 9.53 Å². The van der Waals surface area contributed by atoms with Gasteiger partial charge in [-0.3, -0.25) is 4.79 Å². The summed E-state index contributed by atoms with van der Waals surface area (Å²) in [5.74, 6) is -0.802. The summed E-state index contributed by atoms with van der Waals surface area (Å²) in [6.45, 7) is 5.98. The van der Waals surface area contributed by atoms with Crippen molar-refractivity contribution in [1.82, 2.24) is 4.90 Å². The second kappa shape index (κ2) is 5.17. The fraction of sp³-hybridized carbons (Fsp3) is 0.750. The average molecular weight is 238 g/mol. The average Bonchev–Trinajstić information content (AvgIpc) is 2.37. The molecule has 17 heavy (non-hydrogen) atoms. The molecule has 5 nitrogen and oxygen atoms in total. The number of hydrogen-bond donors (Lipinski definition) is 0. The van der Waals surface area contributed by atoms with Crippen LogP contribution in [-0.4, -0.2) is 35.5 Å². The zero-order valence-corrected chi connectivity index (χ0v) is 10.5. The van der Waals surface area contributed by atoms with E-state index in [1.54, 1.807) is 20.8 Å². The minimum atomic E-state index is -0.718. The van der Waals surface area contributed by atoms with Gasteiger partial charge < -0.3 is 9.64 Å². The van der Waals surface area contributed by atoms with Gasteiger partial charge in [0.2, 0.25) is 0 Å². The second-order valence-corrected chi connectivity index (χ2v) is 5.18. The van der Waals surface area contributed by atoms with E-state index >= 15 is 0 Å². The second-order valence-electron chi connectivity index (χ2n) is 5.18. The molecular weight excluding hydrogens is 220 g/mol. The molecule has 1 atom stereocenters. The first-order chi connectivity index (χ1) is 7.83. The molecule has 1 amide bonds. The first kappa shape index (κ1) is 13.5. The molecule has 5 heteroatoms. The van der Waals surface area contributed by atoms with Crippen molar-refractivity contribution in [3.63, 3.8) is 0 Å². The van der Waals surface area contributed by atoms with Gasteiger partial charge in [-0.25, -0.2) is 4.79 Å². The Hall–Kier alpha value is -1.57. The van der Waals surface area contributed by atoms with E-state index in [0.29, 0.717) is 19.4 Å². The zero-order valence-electron chi connectivity index (χ0n) is 10.5. The van der Waals surface area contributed by atoms with Crippen molar-refractivity contribution >= 4 is 11.9 Å². The van der Waals surface area contributed by atoms with Crippen LogP contribution in [0.15, 0.2) is 0 Å². The molecule has 1 heterocycles. The molecule has 1 rings (SSSR count). The Morgan fingerprint density at radius 3 is 2.71 bits per heavy atom. The topological polar surface area (TPSA) is 70.4 Å². The van der Waals surface area contributed by atoms with Gasteiger partial charge in [-0.15, -0.1) is 0 Å². The van der Waals surface area contributed by atoms with Crippen molar-refractivity contribution in [2.45, 2.75) is 39.2 Å². The van der Waals surface area contributed by atoms with Gasteiger partial charge in [0.1, 0.15) is 11.5 Å². The molecule has 1 fully saturated rings. The van der Waals surface area contributed by atoms with Crippen LogP contribution in [0, 0.1) is 17.2 Å². The summed E-state index contributed by atoms with van der Waals surface area (Å²) in [6.07, 6.45) is 0.501. The Balaban J connectivity index is 2.68. The van der Waals surface area contributed by atoms with Gasteiger partial charge in [0.15, 0.2) is 5.78 Å². The monoisotopic (exact) mass is 238 g/mol. The van der Waals surface area contributed by atoms with E-state index in [4.69, 9.17) is 10.00 Å². The lowest BCUT2D eigenvalue weighted by Crippen LogP contribution is -2.39. The maximum atomic E-state index is 11.8. The first-order valence-corrected chi connectivity index (χ1v) is 5.74. The molecule has 0 bridgehead atoms. The van der Waals surface area contributed by atoms with E-state index in [9.17, 15) is 9.59 Å². The highest BCUT2D eigenvalue weighted by Crippen LogP contribution is 2.16. The number of ketones is 1. The van der Waals surface area contributed by atoms with E-state index in [2.05, 4.69) is 0 Å². The number of ether oxygens (including phenoxy) is 1. The van der Waals surface area contributed by atoms with Gasteiger partial charge in [0.05, 0.1) is 6.07 Å². The number of Topliss-reactive ketones (excluding diaryl/α,β-unsaturated/α-hetero) is 1. The van der Waals surface area contributed by atoms with Crippen molar-refractivity contribution in [1.29, 1.82) is 5.26 Å². The van der Waals surface area contributed by atoms with Gasteiger partial charge in [0.25, 0.3) is 0 Å². The highest BCUT2D eigenvalue weighted by molar-refractivity contribution is 5.84. The SMILES string of the molecule is CC(C)(C)OC(=O)N1CCCC(=O)C(C#N)C1. The normalized spacial score (nSPS) is 21.6. The van der Waals surface area contributed by atoms with E-state index in [-0.39, 0.29) is 12.3 Å². The van der Waals surface area contributed by atoms with Gasteiger partial charge >= 0.3 is 6.09 Å². The van der Waals surface area contributed by atoms with Crippen molar-refractivity contribution in [3.8, 4) is 6.07 Å². The molecule has 1 saturated heterocycles. The summed E-state index contributed by atoms with van der Waals surface area (Å²) in [7, 11) is 0. The molecule has 1 aliphatic heterocycles. The minimum Gasteiger partial charge on any atom is -0.444 e. The lowest BCUT2D eigenvalue weighted by molar-refractivity contribution is -0.121. The molecule has 1 unspecified atom stereocenters. The molecule has 0 aromatic heterocycles. The minimum absolute atomic E-state index is 0.0847. The maximum absolute atomic E-state index is 11.8. The molecule has 0 aliphatic carbocycles. The quantitative estimate of drug-likeness (QED) is 0.644. The summed E-state index contributed by atoms with van der Waals surface area (Å²) >= 11 is 0. The van der Waals surface area contributed by atoms with Crippen LogP contribution in [0.25, 0.3) is 0 Å². The lowest BCUT2D eigenvalue weighted by atomic mass is 10.0. The van der Waals surface area contributed by atoms with E-state index in [0.717, 1.165) is 0 Å². The van der Waals surface area contributed by atoms with Crippen molar-refractivity contribution in [2.24, 2.45) is 5.92 Å². The molecule has 0 spiro atoms. The third-order valence-electron chi connectivity index (χ3n) is 2.45. The first-order valence-electron chi connectivity index (χ1n) is 5.74. The van der Waals surface area contributed by atoms with Crippen LogP contribution in [0.5, 0.6) is 0 Å². The van der Waals surface area contributed by atoms with Crippen LogP contribution < -0.4 is 0 Å². The Kier molecular flexibility index (Phi) is 4.11. The molecule has 0 N–H and O–H groups in total. The predicted molar refractivity (Wildman–Crippen MR) is 61.2 cm³/mol. The summed E-state index contributed by atoms with van der Waals surface area (Å²) in [5, 5.41) is 8.87. The van der Waals surface area contributed by atoms with Crippen molar-refractivity contribution in [2.75, 3.05) is 13.1 Å². The largest absolute Gasteiger partial charge is 0.444 e. The third-order valence-corrected chi connectivity index (χ3v) is 2.45. The van der Waals surface area contributed by atoms with Crippen LogP contribution in [0.1, 0.15) is 33.6 Å². The molecule has 1 aliphatic rings. The number of amides is 1. The summed E-state index contributed by atoms with van der Waals surface area (Å²) < 4.78 is 5.23. The predicted octanol–water partition coefficient (Wildman–Crippen LogP) is 1.73. The maximum Gasteiger partial charge on any atom is 0.410 e. The molecule has 0 radical (unpaired) electrons. The Morgan fingerprint density at radius 1 is 1.53 bits per heavy atom. The van der Waals surface area contributed by atoms with Gasteiger partial charge in [-0.1, -0.05) is 0 Å². The summed E-state index contributed by atoms with van der Waals surface area (Å²) in [4.78, 5) is 24.8. The standard InChI is InChI=1S/C12H18N2O3/c1-12(2,3)17-11(16)14-6-4-5-10(15)9(7-13)8-14/h9H,4-6,8H2,1-3H3. The van der Waals surface area contributed by atoms with E-state index in [1.165, 1.54) is 4.90 Å². The third kappa shape index (κ3) is 4.06. The highest BCUT2D eigenvalue weighted by Gasteiger charge is 2.29. The van der Waals surface area contributed by atoms with Crippen LogP contribution >= 0.6 is 0 Å². The fourth-order valence-electron chi connectivity index (χ4n) is 1.64. The van der Waals surface area contributed by atoms with Crippen molar-refractivity contribution in [3.05, 3.63) is 0 Å². The number of nitriles is 1. The molecule has 94 valence electrons. The molecular formula is C12H18N2O3. The number of rotatable bonds is 0. The summed E-state index contributed by atoms with van der Waals surface area (Å²) in [5.41, 5.74) is -0.560. The van der Waals surface area contributed by atoms with Crippen LogP contribution in [0.4, 0.5) is 4.79 Å². The number of carbonyl (C=O) groups excluding carboxylic acids is 2. The zero-order chi connectivity index (χ0) is 13.1. The number of likely N-dealkylation sites (tertiary alicyclic amines) is 1. The van der Waals surface area contributed by atoms with Crippen molar-refractivity contribution < 1.29 is 14.3 Å². The fourth-order valence-corrected chi connectivity index (χ4v) is 1.64. The number of hydrogen-bond acceptors (Lipinski definition) is 4. The highest BCUT2D eigenvalue weighted by atomic mass is 16.6. The molecule has 0 saturated carbocycles. The molecule has 0 aromatic rings. The lowest BCUT2D eigenvalue weighted by Gasteiger charge is -2.26. The smallest absolute Gasteiger partial charge is 0.410 e. The Labute approximate surface area is 101 Å². The van der Waals surface area contributed by atoms with Gasteiger partial charge in [0, 0.05) is 19.5 Å². The van der Waals surface area contributed by atoms with E-state index < -0.39 is 17.6 Å².